The van der Waals surface area contributed by atoms with E-state index in [1.807, 2.05) is 57.1 Å². The minimum Gasteiger partial charge on any atom is -0.507 e. The lowest BCUT2D eigenvalue weighted by molar-refractivity contribution is -0.132. The highest BCUT2D eigenvalue weighted by Crippen LogP contribution is 2.45. The summed E-state index contributed by atoms with van der Waals surface area (Å²) in [6.45, 7) is 5.11. The number of nitrogens with zero attached hydrogens (tertiary/aromatic N) is 2. The summed E-state index contributed by atoms with van der Waals surface area (Å²) in [5, 5.41) is 11.5. The summed E-state index contributed by atoms with van der Waals surface area (Å²) in [5.41, 5.74) is 3.39. The van der Waals surface area contributed by atoms with Crippen LogP contribution in [0.15, 0.2) is 66.2 Å². The number of aryl methyl sites for hydroxylation is 1. The van der Waals surface area contributed by atoms with E-state index >= 15 is 0 Å². The third-order valence-corrected chi connectivity index (χ3v) is 6.72. The van der Waals surface area contributed by atoms with Gasteiger partial charge in [-0.05, 0) is 67.4 Å². The number of aliphatic hydroxyl groups is 1. The van der Waals surface area contributed by atoms with Gasteiger partial charge in [0.1, 0.15) is 24.7 Å². The minimum atomic E-state index is -0.847. The van der Waals surface area contributed by atoms with Crippen molar-refractivity contribution in [1.82, 2.24) is 0 Å². The van der Waals surface area contributed by atoms with E-state index in [1.165, 1.54) is 4.90 Å². The second kappa shape index (κ2) is 10.1. The Bertz CT molecular complexity index is 1430. The summed E-state index contributed by atoms with van der Waals surface area (Å²) in [4.78, 5) is 30.4. The van der Waals surface area contributed by atoms with Crippen LogP contribution in [0.3, 0.4) is 0 Å². The molecule has 1 saturated heterocycles. The SMILES string of the molecule is CCOc1ccc(/C(O)=C2\C(=O)C(=O)N(c3ccc4c(c3)OCCO4)C2c2ccc(N(C)C)cc2)cc1C. The first-order valence-corrected chi connectivity index (χ1v) is 12.5. The Hall–Kier alpha value is -4.46. The van der Waals surface area contributed by atoms with Gasteiger partial charge in [-0.15, -0.1) is 0 Å². The molecule has 1 amide bonds. The largest absolute Gasteiger partial charge is 0.507 e. The molecular weight excluding hydrogens is 484 g/mol. The van der Waals surface area contributed by atoms with Gasteiger partial charge in [-0.1, -0.05) is 12.1 Å². The van der Waals surface area contributed by atoms with Crippen molar-refractivity contribution < 1.29 is 28.9 Å². The van der Waals surface area contributed by atoms with Gasteiger partial charge in [0, 0.05) is 37.1 Å². The summed E-state index contributed by atoms with van der Waals surface area (Å²) in [6, 6.07) is 17.1. The highest BCUT2D eigenvalue weighted by atomic mass is 16.6. The van der Waals surface area contributed by atoms with Crippen LogP contribution in [0.4, 0.5) is 11.4 Å². The maximum absolute atomic E-state index is 13.5. The first-order valence-electron chi connectivity index (χ1n) is 12.5. The summed E-state index contributed by atoms with van der Waals surface area (Å²) in [7, 11) is 3.87. The van der Waals surface area contributed by atoms with Crippen molar-refractivity contribution in [3.63, 3.8) is 0 Å². The molecule has 0 bridgehead atoms. The molecule has 2 heterocycles. The number of ether oxygens (including phenoxy) is 3. The molecule has 0 aliphatic carbocycles. The van der Waals surface area contributed by atoms with Crippen molar-refractivity contribution in [2.45, 2.75) is 19.9 Å². The van der Waals surface area contributed by atoms with Crippen LogP contribution in [0.5, 0.6) is 17.2 Å². The fourth-order valence-electron chi connectivity index (χ4n) is 4.82. The maximum atomic E-state index is 13.5. The van der Waals surface area contributed by atoms with E-state index in [9.17, 15) is 14.7 Å². The van der Waals surface area contributed by atoms with Crippen molar-refractivity contribution >= 4 is 28.8 Å². The molecule has 0 spiro atoms. The lowest BCUT2D eigenvalue weighted by Crippen LogP contribution is -2.29. The van der Waals surface area contributed by atoms with E-state index in [-0.39, 0.29) is 11.3 Å². The van der Waals surface area contributed by atoms with Crippen LogP contribution in [0.1, 0.15) is 29.7 Å². The van der Waals surface area contributed by atoms with Gasteiger partial charge in [-0.2, -0.15) is 0 Å². The first kappa shape index (κ1) is 25.2. The van der Waals surface area contributed by atoms with Crippen LogP contribution in [0, 0.1) is 6.92 Å². The maximum Gasteiger partial charge on any atom is 0.300 e. The van der Waals surface area contributed by atoms with Gasteiger partial charge in [-0.3, -0.25) is 14.5 Å². The number of hydrogen-bond donors (Lipinski definition) is 1. The van der Waals surface area contributed by atoms with Gasteiger partial charge in [-0.25, -0.2) is 0 Å². The smallest absolute Gasteiger partial charge is 0.300 e. The quantitative estimate of drug-likeness (QED) is 0.286. The van der Waals surface area contributed by atoms with Crippen LogP contribution in [0.2, 0.25) is 0 Å². The topological polar surface area (TPSA) is 88.5 Å². The van der Waals surface area contributed by atoms with E-state index in [0.29, 0.717) is 53.9 Å². The van der Waals surface area contributed by atoms with Crippen molar-refractivity contribution in [3.8, 4) is 17.2 Å². The molecule has 0 aromatic heterocycles. The number of hydrogen-bond acceptors (Lipinski definition) is 7. The van der Waals surface area contributed by atoms with Crippen molar-refractivity contribution in [2.24, 2.45) is 0 Å². The van der Waals surface area contributed by atoms with E-state index in [0.717, 1.165) is 11.3 Å². The number of rotatable bonds is 6. The number of carbonyl (C=O) groups is 2. The third kappa shape index (κ3) is 4.42. The number of aliphatic hydroxyl groups excluding tert-OH is 1. The van der Waals surface area contributed by atoms with Crippen LogP contribution in [0.25, 0.3) is 5.76 Å². The number of carbonyl (C=O) groups excluding carboxylic acids is 2. The van der Waals surface area contributed by atoms with Crippen LogP contribution in [-0.2, 0) is 9.59 Å². The Balaban J connectivity index is 1.67. The molecule has 38 heavy (non-hydrogen) atoms. The molecular formula is C30H30N2O6. The zero-order valence-corrected chi connectivity index (χ0v) is 21.9. The van der Waals surface area contributed by atoms with Gasteiger partial charge in [0.15, 0.2) is 11.5 Å². The van der Waals surface area contributed by atoms with Crippen LogP contribution >= 0.6 is 0 Å². The Labute approximate surface area is 221 Å². The molecule has 2 aliphatic heterocycles. The number of anilines is 2. The molecule has 5 rings (SSSR count). The molecule has 0 saturated carbocycles. The van der Waals surface area contributed by atoms with Crippen molar-refractivity contribution in [3.05, 3.63) is 82.9 Å². The molecule has 1 unspecified atom stereocenters. The molecule has 1 N–H and O–H groups in total. The average Bonchev–Trinajstić information content (AvgIpc) is 3.19. The molecule has 8 heteroatoms. The molecule has 2 aliphatic rings. The van der Waals surface area contributed by atoms with Crippen LogP contribution < -0.4 is 24.0 Å². The number of ketones is 1. The second-order valence-electron chi connectivity index (χ2n) is 9.40. The summed E-state index contributed by atoms with van der Waals surface area (Å²) < 4.78 is 17.0. The van der Waals surface area contributed by atoms with Crippen molar-refractivity contribution in [2.75, 3.05) is 43.7 Å². The summed E-state index contributed by atoms with van der Waals surface area (Å²) in [6.07, 6.45) is 0. The lowest BCUT2D eigenvalue weighted by Gasteiger charge is -2.27. The predicted molar refractivity (Wildman–Crippen MR) is 145 cm³/mol. The molecule has 196 valence electrons. The first-order chi connectivity index (χ1) is 18.3. The molecule has 8 nitrogen and oxygen atoms in total. The van der Waals surface area contributed by atoms with Crippen LogP contribution in [-0.4, -0.2) is 50.7 Å². The van der Waals surface area contributed by atoms with E-state index < -0.39 is 17.7 Å². The Morgan fingerprint density at radius 3 is 2.37 bits per heavy atom. The number of amides is 1. The summed E-state index contributed by atoms with van der Waals surface area (Å²) >= 11 is 0. The zero-order chi connectivity index (χ0) is 27.0. The standard InChI is InChI=1S/C30H30N2O6/c1-5-36-23-12-8-20(16-18(23)2)28(33)26-27(19-6-9-21(10-7-19)31(3)4)32(30(35)29(26)34)22-11-13-24-25(17-22)38-15-14-37-24/h6-13,16-17,27,33H,5,14-15H2,1-4H3/b28-26+. The van der Waals surface area contributed by atoms with Gasteiger partial charge in [0.05, 0.1) is 18.2 Å². The number of fused-ring (bicyclic) bond motifs is 1. The highest BCUT2D eigenvalue weighted by molar-refractivity contribution is 6.51. The Morgan fingerprint density at radius 1 is 1.00 bits per heavy atom. The predicted octanol–water partition coefficient (Wildman–Crippen LogP) is 4.86. The van der Waals surface area contributed by atoms with Gasteiger partial charge < -0.3 is 24.2 Å². The Morgan fingerprint density at radius 2 is 1.71 bits per heavy atom. The molecule has 1 atom stereocenters. The van der Waals surface area contributed by atoms with Gasteiger partial charge >= 0.3 is 0 Å². The molecule has 0 radical (unpaired) electrons. The molecule has 3 aromatic carbocycles. The van der Waals surface area contributed by atoms with Gasteiger partial charge in [0.25, 0.3) is 11.7 Å². The highest BCUT2D eigenvalue weighted by Gasteiger charge is 2.47. The van der Waals surface area contributed by atoms with E-state index in [4.69, 9.17) is 14.2 Å². The second-order valence-corrected chi connectivity index (χ2v) is 9.40. The van der Waals surface area contributed by atoms with E-state index in [1.54, 1.807) is 36.4 Å². The summed E-state index contributed by atoms with van der Waals surface area (Å²) in [5.74, 6) is 0.0406. The third-order valence-electron chi connectivity index (χ3n) is 6.72. The molecule has 3 aromatic rings. The number of benzene rings is 3. The fourth-order valence-corrected chi connectivity index (χ4v) is 4.82. The van der Waals surface area contributed by atoms with Crippen molar-refractivity contribution in [1.29, 1.82) is 0 Å². The van der Waals surface area contributed by atoms with Gasteiger partial charge in [0.2, 0.25) is 0 Å². The molecule has 1 fully saturated rings. The fraction of sp³-hybridized carbons (Fsp3) is 0.267. The lowest BCUT2D eigenvalue weighted by atomic mass is 9.94. The van der Waals surface area contributed by atoms with E-state index in [2.05, 4.69) is 0 Å². The average molecular weight is 515 g/mol. The monoisotopic (exact) mass is 514 g/mol. The normalized spacial score (nSPS) is 18.0. The zero-order valence-electron chi connectivity index (χ0n) is 21.9. The number of Topliss-reactive ketones (excluding diaryl/α,β-unsaturated/α-hetero) is 1. The minimum absolute atomic E-state index is 0.0195. The Kier molecular flexibility index (Phi) is 6.72.